The predicted molar refractivity (Wildman–Crippen MR) is 96.1 cm³/mol. The van der Waals surface area contributed by atoms with Gasteiger partial charge in [-0.25, -0.2) is 4.98 Å². The third-order valence-corrected chi connectivity index (χ3v) is 4.50. The second-order valence-corrected chi connectivity index (χ2v) is 6.34. The molecule has 7 heteroatoms. The molecule has 1 fully saturated rings. The van der Waals surface area contributed by atoms with E-state index in [1.807, 2.05) is 36.1 Å². The van der Waals surface area contributed by atoms with E-state index in [0.29, 0.717) is 23.9 Å². The minimum Gasteiger partial charge on any atom is -0.334 e. The summed E-state index contributed by atoms with van der Waals surface area (Å²) in [5.41, 5.74) is 7.45. The molecule has 1 amide bonds. The average Bonchev–Trinajstić information content (AvgIpc) is 3.00. The van der Waals surface area contributed by atoms with Crippen LogP contribution in [0.1, 0.15) is 35.9 Å². The number of aromatic amines is 1. The monoisotopic (exact) mass is 349 g/mol. The Morgan fingerprint density at radius 3 is 2.67 bits per heavy atom. The molecule has 3 rings (SSSR count). The van der Waals surface area contributed by atoms with Crippen LogP contribution < -0.4 is 5.73 Å². The molecule has 2 aromatic rings. The standard InChI is InChI=1S/C17H23N5O.ClH/c1-11-7-8-22(15(9-11)10-18)17(23)14-5-3-13(4-6-14)16-19-12(2)20-21-16;/h3-6,11,15H,7-10,18H2,1-2H3,(H,19,20,21);1H. The fraction of sp³-hybridized carbons (Fsp3) is 0.471. The highest BCUT2D eigenvalue weighted by Gasteiger charge is 2.29. The molecule has 1 aliphatic rings. The smallest absolute Gasteiger partial charge is 0.254 e. The highest BCUT2D eigenvalue weighted by molar-refractivity contribution is 5.95. The minimum atomic E-state index is 0. The van der Waals surface area contributed by atoms with E-state index in [1.165, 1.54) is 0 Å². The zero-order valence-corrected chi connectivity index (χ0v) is 14.8. The van der Waals surface area contributed by atoms with Gasteiger partial charge < -0.3 is 10.6 Å². The highest BCUT2D eigenvalue weighted by atomic mass is 35.5. The van der Waals surface area contributed by atoms with Gasteiger partial charge in [0.05, 0.1) is 0 Å². The number of halogens is 1. The van der Waals surface area contributed by atoms with Gasteiger partial charge in [-0.05, 0) is 37.8 Å². The molecular formula is C17H24ClN5O. The Labute approximate surface area is 148 Å². The molecule has 6 nitrogen and oxygen atoms in total. The second kappa shape index (κ2) is 7.77. The highest BCUT2D eigenvalue weighted by Crippen LogP contribution is 2.24. The van der Waals surface area contributed by atoms with Gasteiger partial charge in [-0.2, -0.15) is 5.10 Å². The first-order chi connectivity index (χ1) is 11.1. The van der Waals surface area contributed by atoms with Crippen molar-refractivity contribution in [2.45, 2.75) is 32.7 Å². The molecule has 130 valence electrons. The van der Waals surface area contributed by atoms with Gasteiger partial charge in [0.1, 0.15) is 5.82 Å². The summed E-state index contributed by atoms with van der Waals surface area (Å²) in [6, 6.07) is 7.60. The summed E-state index contributed by atoms with van der Waals surface area (Å²) in [6.07, 6.45) is 2.02. The van der Waals surface area contributed by atoms with E-state index < -0.39 is 0 Å². The summed E-state index contributed by atoms with van der Waals surface area (Å²) in [6.45, 7) is 5.38. The summed E-state index contributed by atoms with van der Waals surface area (Å²) in [7, 11) is 0. The van der Waals surface area contributed by atoms with Gasteiger partial charge in [-0.1, -0.05) is 19.1 Å². The van der Waals surface area contributed by atoms with E-state index in [-0.39, 0.29) is 24.4 Å². The van der Waals surface area contributed by atoms with E-state index in [9.17, 15) is 4.79 Å². The first kappa shape index (κ1) is 18.4. The van der Waals surface area contributed by atoms with Crippen LogP contribution in [-0.2, 0) is 0 Å². The van der Waals surface area contributed by atoms with Crippen LogP contribution in [0.3, 0.4) is 0 Å². The van der Waals surface area contributed by atoms with Crippen molar-refractivity contribution in [1.29, 1.82) is 0 Å². The van der Waals surface area contributed by atoms with Gasteiger partial charge >= 0.3 is 0 Å². The van der Waals surface area contributed by atoms with Crippen molar-refractivity contribution in [3.63, 3.8) is 0 Å². The quantitative estimate of drug-likeness (QED) is 0.890. The maximum absolute atomic E-state index is 12.8. The molecule has 24 heavy (non-hydrogen) atoms. The van der Waals surface area contributed by atoms with Gasteiger partial charge in [0.25, 0.3) is 5.91 Å². The van der Waals surface area contributed by atoms with Crippen molar-refractivity contribution < 1.29 is 4.79 Å². The number of hydrogen-bond donors (Lipinski definition) is 2. The second-order valence-electron chi connectivity index (χ2n) is 6.34. The summed E-state index contributed by atoms with van der Waals surface area (Å²) in [4.78, 5) is 19.0. The van der Waals surface area contributed by atoms with Gasteiger partial charge in [0, 0.05) is 30.3 Å². The number of benzene rings is 1. The number of likely N-dealkylation sites (tertiary alicyclic amines) is 1. The molecule has 0 spiro atoms. The van der Waals surface area contributed by atoms with Gasteiger partial charge in [-0.15, -0.1) is 12.4 Å². The van der Waals surface area contributed by atoms with Crippen LogP contribution in [0.5, 0.6) is 0 Å². The fourth-order valence-electron chi connectivity index (χ4n) is 3.14. The molecule has 2 atom stereocenters. The molecule has 2 heterocycles. The van der Waals surface area contributed by atoms with E-state index >= 15 is 0 Å². The lowest BCUT2D eigenvalue weighted by atomic mass is 9.92. The van der Waals surface area contributed by atoms with E-state index in [2.05, 4.69) is 22.1 Å². The normalized spacial score (nSPS) is 20.5. The van der Waals surface area contributed by atoms with Crippen molar-refractivity contribution >= 4 is 18.3 Å². The van der Waals surface area contributed by atoms with Crippen LogP contribution >= 0.6 is 12.4 Å². The van der Waals surface area contributed by atoms with Crippen molar-refractivity contribution in [2.75, 3.05) is 13.1 Å². The van der Waals surface area contributed by atoms with E-state index in [0.717, 1.165) is 30.8 Å². The maximum Gasteiger partial charge on any atom is 0.254 e. The Hall–Kier alpha value is -1.92. The van der Waals surface area contributed by atoms with Gasteiger partial charge in [0.15, 0.2) is 5.82 Å². The minimum absolute atomic E-state index is 0. The molecular weight excluding hydrogens is 326 g/mol. The number of nitrogens with one attached hydrogen (secondary N) is 1. The predicted octanol–water partition coefficient (Wildman–Crippen LogP) is 2.40. The molecule has 0 aliphatic carbocycles. The molecule has 1 aliphatic heterocycles. The first-order valence-corrected chi connectivity index (χ1v) is 8.09. The van der Waals surface area contributed by atoms with Crippen LogP contribution in [0.15, 0.2) is 24.3 Å². The Morgan fingerprint density at radius 2 is 2.08 bits per heavy atom. The molecule has 3 N–H and O–H groups in total. The van der Waals surface area contributed by atoms with Crippen molar-refractivity contribution in [3.05, 3.63) is 35.7 Å². The summed E-state index contributed by atoms with van der Waals surface area (Å²) >= 11 is 0. The SMILES string of the molecule is Cc1nc(-c2ccc(C(=O)N3CCC(C)CC3CN)cc2)n[nH]1.Cl. The number of aryl methyl sites for hydroxylation is 1. The van der Waals surface area contributed by atoms with Crippen LogP contribution in [0.2, 0.25) is 0 Å². The Kier molecular flexibility index (Phi) is 5.96. The summed E-state index contributed by atoms with van der Waals surface area (Å²) < 4.78 is 0. The first-order valence-electron chi connectivity index (χ1n) is 8.09. The number of piperidine rings is 1. The molecule has 0 saturated carbocycles. The number of aromatic nitrogens is 3. The lowest BCUT2D eigenvalue weighted by Gasteiger charge is -2.38. The number of carbonyl (C=O) groups is 1. The topological polar surface area (TPSA) is 87.9 Å². The molecule has 0 radical (unpaired) electrons. The van der Waals surface area contributed by atoms with Crippen molar-refractivity contribution in [3.8, 4) is 11.4 Å². The molecule has 1 aromatic carbocycles. The number of H-pyrrole nitrogens is 1. The van der Waals surface area contributed by atoms with Crippen molar-refractivity contribution in [2.24, 2.45) is 11.7 Å². The number of carbonyl (C=O) groups excluding carboxylic acids is 1. The Bertz CT molecular complexity index is 685. The molecule has 1 saturated heterocycles. The van der Waals surface area contributed by atoms with Crippen LogP contribution in [0.4, 0.5) is 0 Å². The Morgan fingerprint density at radius 1 is 1.38 bits per heavy atom. The number of hydrogen-bond acceptors (Lipinski definition) is 4. The largest absolute Gasteiger partial charge is 0.334 e. The van der Waals surface area contributed by atoms with Crippen LogP contribution in [0.25, 0.3) is 11.4 Å². The summed E-state index contributed by atoms with van der Waals surface area (Å²) in [5, 5.41) is 6.96. The number of rotatable bonds is 3. The number of nitrogens with zero attached hydrogens (tertiary/aromatic N) is 3. The van der Waals surface area contributed by atoms with Crippen LogP contribution in [-0.4, -0.2) is 45.1 Å². The van der Waals surface area contributed by atoms with E-state index in [4.69, 9.17) is 5.73 Å². The molecule has 1 aromatic heterocycles. The lowest BCUT2D eigenvalue weighted by Crippen LogP contribution is -2.49. The third kappa shape index (κ3) is 3.76. The molecule has 2 unspecified atom stereocenters. The summed E-state index contributed by atoms with van der Waals surface area (Å²) in [5.74, 6) is 2.11. The van der Waals surface area contributed by atoms with E-state index in [1.54, 1.807) is 0 Å². The number of amides is 1. The van der Waals surface area contributed by atoms with Gasteiger partial charge in [0.2, 0.25) is 0 Å². The van der Waals surface area contributed by atoms with Gasteiger partial charge in [-0.3, -0.25) is 9.89 Å². The van der Waals surface area contributed by atoms with Crippen molar-refractivity contribution in [1.82, 2.24) is 20.1 Å². The zero-order chi connectivity index (χ0) is 16.4. The zero-order valence-electron chi connectivity index (χ0n) is 14.0. The third-order valence-electron chi connectivity index (χ3n) is 4.50. The van der Waals surface area contributed by atoms with Crippen LogP contribution in [0, 0.1) is 12.8 Å². The fourth-order valence-corrected chi connectivity index (χ4v) is 3.14. The number of nitrogens with two attached hydrogens (primary N) is 1. The molecule has 0 bridgehead atoms. The lowest BCUT2D eigenvalue weighted by molar-refractivity contribution is 0.0573. The Balaban J connectivity index is 0.00000208. The average molecular weight is 350 g/mol. The maximum atomic E-state index is 12.8.